The molecule has 1 aliphatic rings. The molecule has 2 heterocycles. The fourth-order valence-electron chi connectivity index (χ4n) is 2.17. The molecule has 1 atom stereocenters. The van der Waals surface area contributed by atoms with Gasteiger partial charge in [-0.05, 0) is 18.6 Å². The second-order valence-electron chi connectivity index (χ2n) is 4.09. The van der Waals surface area contributed by atoms with Crippen molar-refractivity contribution < 1.29 is 14.7 Å². The van der Waals surface area contributed by atoms with Gasteiger partial charge in [-0.25, -0.2) is 9.78 Å². The van der Waals surface area contributed by atoms with Gasteiger partial charge in [0.25, 0.3) is 0 Å². The van der Waals surface area contributed by atoms with Crippen LogP contribution in [0.3, 0.4) is 0 Å². The molecular formula is C12H15N3O3. The number of carbonyl (C=O) groups excluding carboxylic acids is 1. The van der Waals surface area contributed by atoms with Crippen molar-refractivity contribution >= 4 is 17.7 Å². The third kappa shape index (κ3) is 2.13. The number of nitrogens with zero attached hydrogens (tertiary/aromatic N) is 2. The highest BCUT2D eigenvalue weighted by molar-refractivity contribution is 5.95. The van der Waals surface area contributed by atoms with Crippen molar-refractivity contribution in [3.05, 3.63) is 23.9 Å². The number of rotatable bonds is 3. The summed E-state index contributed by atoms with van der Waals surface area (Å²) in [5.41, 5.74) is 0.130. The van der Waals surface area contributed by atoms with Crippen LogP contribution < -0.4 is 10.2 Å². The molecule has 2 rings (SSSR count). The Morgan fingerprint density at radius 1 is 1.67 bits per heavy atom. The Bertz CT molecular complexity index is 475. The second kappa shape index (κ2) is 5.03. The lowest BCUT2D eigenvalue weighted by atomic mass is 10.1. The monoisotopic (exact) mass is 249 g/mol. The Labute approximate surface area is 105 Å². The molecule has 1 unspecified atom stereocenters. The summed E-state index contributed by atoms with van der Waals surface area (Å²) in [7, 11) is 0. The van der Waals surface area contributed by atoms with Crippen LogP contribution in [0.15, 0.2) is 18.3 Å². The minimum absolute atomic E-state index is 0.0780. The fourth-order valence-corrected chi connectivity index (χ4v) is 2.17. The maximum Gasteiger partial charge on any atom is 0.339 e. The molecule has 1 saturated heterocycles. The van der Waals surface area contributed by atoms with E-state index in [0.29, 0.717) is 25.3 Å². The Hall–Kier alpha value is -2.11. The van der Waals surface area contributed by atoms with E-state index in [1.807, 2.05) is 6.92 Å². The predicted octanol–water partition coefficient (Wildman–Crippen LogP) is 0.495. The van der Waals surface area contributed by atoms with Crippen LogP contribution in [0.4, 0.5) is 5.82 Å². The molecule has 6 heteroatoms. The summed E-state index contributed by atoms with van der Waals surface area (Å²) in [5, 5.41) is 11.9. The Morgan fingerprint density at radius 3 is 3.11 bits per heavy atom. The van der Waals surface area contributed by atoms with E-state index in [1.54, 1.807) is 17.2 Å². The first-order valence-corrected chi connectivity index (χ1v) is 5.87. The van der Waals surface area contributed by atoms with Crippen molar-refractivity contribution in [2.45, 2.75) is 19.4 Å². The molecule has 0 bridgehead atoms. The molecular weight excluding hydrogens is 234 g/mol. The quantitative estimate of drug-likeness (QED) is 0.815. The van der Waals surface area contributed by atoms with Gasteiger partial charge in [0, 0.05) is 19.3 Å². The number of anilines is 1. The molecule has 0 aliphatic carbocycles. The fraction of sp³-hybridized carbons (Fsp3) is 0.417. The van der Waals surface area contributed by atoms with E-state index in [1.165, 1.54) is 6.07 Å². The van der Waals surface area contributed by atoms with Crippen LogP contribution in [-0.2, 0) is 4.79 Å². The third-order valence-electron chi connectivity index (χ3n) is 3.01. The molecule has 0 radical (unpaired) electrons. The average molecular weight is 249 g/mol. The van der Waals surface area contributed by atoms with Crippen LogP contribution in [0.2, 0.25) is 0 Å². The molecule has 2 N–H and O–H groups in total. The van der Waals surface area contributed by atoms with Crippen molar-refractivity contribution in [2.75, 3.05) is 18.0 Å². The van der Waals surface area contributed by atoms with Crippen LogP contribution >= 0.6 is 0 Å². The number of carboxylic acids is 1. The van der Waals surface area contributed by atoms with Crippen molar-refractivity contribution in [3.63, 3.8) is 0 Å². The van der Waals surface area contributed by atoms with Gasteiger partial charge in [-0.1, -0.05) is 6.92 Å². The van der Waals surface area contributed by atoms with E-state index in [2.05, 4.69) is 10.3 Å². The molecule has 1 amide bonds. The molecule has 0 saturated carbocycles. The molecule has 0 aromatic carbocycles. The number of pyridine rings is 1. The van der Waals surface area contributed by atoms with Gasteiger partial charge in [-0.3, -0.25) is 4.79 Å². The summed E-state index contributed by atoms with van der Waals surface area (Å²) in [5.74, 6) is -0.739. The SMILES string of the molecule is CCC1C(=O)NCCN1c1ncccc1C(=O)O. The lowest BCUT2D eigenvalue weighted by Gasteiger charge is -2.35. The number of aromatic carboxylic acids is 1. The molecule has 1 aliphatic heterocycles. The number of hydrogen-bond acceptors (Lipinski definition) is 4. The van der Waals surface area contributed by atoms with Crippen LogP contribution in [0.5, 0.6) is 0 Å². The number of aromatic nitrogens is 1. The van der Waals surface area contributed by atoms with E-state index in [9.17, 15) is 9.59 Å². The topological polar surface area (TPSA) is 82.5 Å². The van der Waals surface area contributed by atoms with Crippen LogP contribution in [0, 0.1) is 0 Å². The smallest absolute Gasteiger partial charge is 0.339 e. The summed E-state index contributed by atoms with van der Waals surface area (Å²) in [6.45, 7) is 2.97. The van der Waals surface area contributed by atoms with E-state index in [-0.39, 0.29) is 17.5 Å². The van der Waals surface area contributed by atoms with Crippen molar-refractivity contribution in [2.24, 2.45) is 0 Å². The molecule has 1 aromatic heterocycles. The first-order chi connectivity index (χ1) is 8.65. The number of piperazine rings is 1. The van der Waals surface area contributed by atoms with E-state index in [0.717, 1.165) is 0 Å². The maximum atomic E-state index is 11.8. The zero-order valence-corrected chi connectivity index (χ0v) is 10.1. The lowest BCUT2D eigenvalue weighted by Crippen LogP contribution is -2.55. The molecule has 6 nitrogen and oxygen atoms in total. The van der Waals surface area contributed by atoms with Crippen molar-refractivity contribution in [3.8, 4) is 0 Å². The zero-order chi connectivity index (χ0) is 13.1. The molecule has 1 fully saturated rings. The molecule has 18 heavy (non-hydrogen) atoms. The van der Waals surface area contributed by atoms with E-state index in [4.69, 9.17) is 5.11 Å². The van der Waals surface area contributed by atoms with Gasteiger partial charge in [-0.15, -0.1) is 0 Å². The second-order valence-corrected chi connectivity index (χ2v) is 4.09. The average Bonchev–Trinajstić information content (AvgIpc) is 2.38. The summed E-state index contributed by atoms with van der Waals surface area (Å²) in [4.78, 5) is 28.8. The summed E-state index contributed by atoms with van der Waals surface area (Å²) in [6, 6.07) is 2.73. The normalized spacial score (nSPS) is 19.5. The Balaban J connectivity index is 2.40. The minimum atomic E-state index is -1.03. The number of hydrogen-bond donors (Lipinski definition) is 2. The number of carbonyl (C=O) groups is 2. The van der Waals surface area contributed by atoms with Crippen molar-refractivity contribution in [1.82, 2.24) is 10.3 Å². The van der Waals surface area contributed by atoms with Crippen LogP contribution in [0.25, 0.3) is 0 Å². The van der Waals surface area contributed by atoms with Crippen LogP contribution in [-0.4, -0.2) is 41.1 Å². The molecule has 0 spiro atoms. The molecule has 1 aromatic rings. The summed E-state index contributed by atoms with van der Waals surface area (Å²) >= 11 is 0. The summed E-state index contributed by atoms with van der Waals surface area (Å²) < 4.78 is 0. The number of nitrogens with one attached hydrogen (secondary N) is 1. The Kier molecular flexibility index (Phi) is 3.45. The van der Waals surface area contributed by atoms with E-state index >= 15 is 0 Å². The maximum absolute atomic E-state index is 11.8. The number of amides is 1. The highest BCUT2D eigenvalue weighted by atomic mass is 16.4. The van der Waals surface area contributed by atoms with Gasteiger partial charge in [0.1, 0.15) is 17.4 Å². The van der Waals surface area contributed by atoms with Gasteiger partial charge in [0.05, 0.1) is 0 Å². The predicted molar refractivity (Wildman–Crippen MR) is 65.6 cm³/mol. The van der Waals surface area contributed by atoms with Gasteiger partial charge in [0.15, 0.2) is 0 Å². The van der Waals surface area contributed by atoms with Gasteiger partial charge < -0.3 is 15.3 Å². The third-order valence-corrected chi connectivity index (χ3v) is 3.01. The van der Waals surface area contributed by atoms with Crippen molar-refractivity contribution in [1.29, 1.82) is 0 Å². The highest BCUT2D eigenvalue weighted by Gasteiger charge is 2.31. The molecule has 96 valence electrons. The van der Waals surface area contributed by atoms with Gasteiger partial charge >= 0.3 is 5.97 Å². The van der Waals surface area contributed by atoms with Crippen LogP contribution in [0.1, 0.15) is 23.7 Å². The minimum Gasteiger partial charge on any atom is -0.478 e. The highest BCUT2D eigenvalue weighted by Crippen LogP contribution is 2.22. The van der Waals surface area contributed by atoms with E-state index < -0.39 is 5.97 Å². The largest absolute Gasteiger partial charge is 0.478 e. The summed E-state index contributed by atoms with van der Waals surface area (Å²) in [6.07, 6.45) is 2.16. The first kappa shape index (κ1) is 12.3. The Morgan fingerprint density at radius 2 is 2.44 bits per heavy atom. The lowest BCUT2D eigenvalue weighted by molar-refractivity contribution is -0.123. The first-order valence-electron chi connectivity index (χ1n) is 5.87. The zero-order valence-electron chi connectivity index (χ0n) is 10.1. The van der Waals surface area contributed by atoms with Gasteiger partial charge in [-0.2, -0.15) is 0 Å². The standard InChI is InChI=1S/C12H15N3O3/c1-2-9-11(16)14-6-7-15(9)10-8(12(17)18)4-3-5-13-10/h3-5,9H,2,6-7H2,1H3,(H,14,16)(H,17,18). The van der Waals surface area contributed by atoms with Gasteiger partial charge in [0.2, 0.25) is 5.91 Å². The number of carboxylic acid groups (broad SMARTS) is 1.